The van der Waals surface area contributed by atoms with Crippen molar-refractivity contribution in [3.63, 3.8) is 0 Å². The minimum absolute atomic E-state index is 0.0546. The monoisotopic (exact) mass is 358 g/mol. The van der Waals surface area contributed by atoms with Gasteiger partial charge in [0.05, 0.1) is 17.1 Å². The summed E-state index contributed by atoms with van der Waals surface area (Å²) in [5.41, 5.74) is 1.40. The van der Waals surface area contributed by atoms with Gasteiger partial charge in [0.25, 0.3) is 0 Å². The van der Waals surface area contributed by atoms with Gasteiger partial charge in [-0.05, 0) is 18.1 Å². The van der Waals surface area contributed by atoms with Crippen molar-refractivity contribution in [2.24, 2.45) is 11.3 Å². The minimum Gasteiger partial charge on any atom is -0.355 e. The largest absolute Gasteiger partial charge is 0.355 e. The lowest BCUT2D eigenvalue weighted by Crippen LogP contribution is -2.38. The molecule has 26 heavy (non-hydrogen) atoms. The first-order valence-electron chi connectivity index (χ1n) is 9.24. The SMILES string of the molecule is CC[C@@H](C)[C@@H](NC(=O)CCNC(=O)C(C)(C)C)c1nc2ccccc2[nH]1. The number of nitrogens with one attached hydrogen (secondary N) is 3. The van der Waals surface area contributed by atoms with E-state index in [-0.39, 0.29) is 30.2 Å². The Morgan fingerprint density at radius 3 is 2.54 bits per heavy atom. The van der Waals surface area contributed by atoms with Gasteiger partial charge >= 0.3 is 0 Å². The van der Waals surface area contributed by atoms with Gasteiger partial charge in [-0.25, -0.2) is 4.98 Å². The predicted octanol–water partition coefficient (Wildman–Crippen LogP) is 3.32. The maximum atomic E-state index is 12.4. The van der Waals surface area contributed by atoms with E-state index in [1.165, 1.54) is 0 Å². The van der Waals surface area contributed by atoms with Crippen LogP contribution in [0.4, 0.5) is 0 Å². The number of benzene rings is 1. The first kappa shape index (κ1) is 19.9. The number of carbonyl (C=O) groups is 2. The molecular weight excluding hydrogens is 328 g/mol. The summed E-state index contributed by atoms with van der Waals surface area (Å²) in [5, 5.41) is 5.88. The Bertz CT molecular complexity index is 728. The molecule has 0 unspecified atom stereocenters. The number of imidazole rings is 1. The van der Waals surface area contributed by atoms with Crippen molar-refractivity contribution in [2.45, 2.75) is 53.5 Å². The summed E-state index contributed by atoms with van der Waals surface area (Å²) in [4.78, 5) is 32.2. The molecule has 0 bridgehead atoms. The van der Waals surface area contributed by atoms with E-state index in [9.17, 15) is 9.59 Å². The fraction of sp³-hybridized carbons (Fsp3) is 0.550. The average Bonchev–Trinajstić information content (AvgIpc) is 3.01. The van der Waals surface area contributed by atoms with Crippen LogP contribution in [0.3, 0.4) is 0 Å². The summed E-state index contributed by atoms with van der Waals surface area (Å²) < 4.78 is 0. The van der Waals surface area contributed by atoms with E-state index in [1.807, 2.05) is 45.0 Å². The summed E-state index contributed by atoms with van der Waals surface area (Å²) >= 11 is 0. The quantitative estimate of drug-likeness (QED) is 0.709. The van der Waals surface area contributed by atoms with Gasteiger partial charge in [-0.3, -0.25) is 9.59 Å². The number of rotatable bonds is 7. The molecule has 2 aromatic rings. The third-order valence-corrected chi connectivity index (χ3v) is 4.55. The van der Waals surface area contributed by atoms with Gasteiger partial charge in [0.15, 0.2) is 0 Å². The van der Waals surface area contributed by atoms with Crippen molar-refractivity contribution in [3.05, 3.63) is 30.1 Å². The summed E-state index contributed by atoms with van der Waals surface area (Å²) in [6.45, 7) is 10.1. The second kappa shape index (κ2) is 8.34. The molecule has 2 atom stereocenters. The number of carbonyl (C=O) groups excluding carboxylic acids is 2. The molecule has 0 aliphatic rings. The molecule has 0 aliphatic heterocycles. The van der Waals surface area contributed by atoms with Crippen molar-refractivity contribution >= 4 is 22.8 Å². The molecule has 0 spiro atoms. The van der Waals surface area contributed by atoms with Crippen LogP contribution in [0.1, 0.15) is 59.3 Å². The van der Waals surface area contributed by atoms with Crippen LogP contribution in [0.25, 0.3) is 11.0 Å². The molecule has 0 saturated heterocycles. The molecule has 2 rings (SSSR count). The van der Waals surface area contributed by atoms with Gasteiger partial charge in [-0.2, -0.15) is 0 Å². The second-order valence-electron chi connectivity index (χ2n) is 7.83. The van der Waals surface area contributed by atoms with Crippen LogP contribution in [0.15, 0.2) is 24.3 Å². The maximum Gasteiger partial charge on any atom is 0.225 e. The van der Waals surface area contributed by atoms with Crippen LogP contribution in [0.5, 0.6) is 0 Å². The van der Waals surface area contributed by atoms with Gasteiger partial charge < -0.3 is 15.6 Å². The van der Waals surface area contributed by atoms with Crippen LogP contribution in [0, 0.1) is 11.3 Å². The third kappa shape index (κ3) is 5.07. The van der Waals surface area contributed by atoms with Crippen LogP contribution in [0.2, 0.25) is 0 Å². The number of H-pyrrole nitrogens is 1. The van der Waals surface area contributed by atoms with E-state index in [0.717, 1.165) is 23.3 Å². The number of aromatic amines is 1. The van der Waals surface area contributed by atoms with Crippen LogP contribution in [-0.4, -0.2) is 28.3 Å². The Labute approximate surface area is 155 Å². The zero-order chi connectivity index (χ0) is 19.3. The highest BCUT2D eigenvalue weighted by molar-refractivity contribution is 5.82. The van der Waals surface area contributed by atoms with Crippen LogP contribution < -0.4 is 10.6 Å². The molecule has 1 aromatic carbocycles. The highest BCUT2D eigenvalue weighted by Gasteiger charge is 2.24. The smallest absolute Gasteiger partial charge is 0.225 e. The molecule has 1 aromatic heterocycles. The topological polar surface area (TPSA) is 86.9 Å². The van der Waals surface area contributed by atoms with Crippen LogP contribution >= 0.6 is 0 Å². The zero-order valence-corrected chi connectivity index (χ0v) is 16.3. The third-order valence-electron chi connectivity index (χ3n) is 4.55. The average molecular weight is 358 g/mol. The van der Waals surface area contributed by atoms with Crippen molar-refractivity contribution in [1.82, 2.24) is 20.6 Å². The van der Waals surface area contributed by atoms with Gasteiger partial charge in [0.2, 0.25) is 11.8 Å². The fourth-order valence-corrected chi connectivity index (χ4v) is 2.64. The van der Waals surface area contributed by atoms with E-state index in [2.05, 4.69) is 34.4 Å². The number of fused-ring (bicyclic) bond motifs is 1. The van der Waals surface area contributed by atoms with Crippen molar-refractivity contribution in [2.75, 3.05) is 6.54 Å². The minimum atomic E-state index is -0.454. The standard InChI is InChI=1S/C20H30N4O2/c1-6-13(2)17(18-22-14-9-7-8-10-15(14)23-18)24-16(25)11-12-21-19(26)20(3,4)5/h7-10,13,17H,6,11-12H2,1-5H3,(H,21,26)(H,22,23)(H,24,25)/t13-,17-/m1/s1. The Hall–Kier alpha value is -2.37. The number of aromatic nitrogens is 2. The number of hydrogen-bond acceptors (Lipinski definition) is 3. The molecule has 0 fully saturated rings. The highest BCUT2D eigenvalue weighted by atomic mass is 16.2. The first-order valence-corrected chi connectivity index (χ1v) is 9.24. The number of nitrogens with zero attached hydrogens (tertiary/aromatic N) is 1. The molecule has 0 radical (unpaired) electrons. The van der Waals surface area contributed by atoms with Crippen molar-refractivity contribution in [3.8, 4) is 0 Å². The van der Waals surface area contributed by atoms with E-state index in [0.29, 0.717) is 6.54 Å². The lowest BCUT2D eigenvalue weighted by atomic mass is 9.96. The summed E-state index contributed by atoms with van der Waals surface area (Å²) in [6.07, 6.45) is 1.16. The van der Waals surface area contributed by atoms with Crippen molar-refractivity contribution < 1.29 is 9.59 Å². The summed E-state index contributed by atoms with van der Waals surface area (Å²) in [7, 11) is 0. The Balaban J connectivity index is 2.01. The van der Waals surface area contributed by atoms with E-state index >= 15 is 0 Å². The molecule has 6 heteroatoms. The van der Waals surface area contributed by atoms with Gasteiger partial charge in [-0.1, -0.05) is 53.2 Å². The van der Waals surface area contributed by atoms with Crippen molar-refractivity contribution in [1.29, 1.82) is 0 Å². The van der Waals surface area contributed by atoms with Gasteiger partial charge in [0.1, 0.15) is 5.82 Å². The lowest BCUT2D eigenvalue weighted by Gasteiger charge is -2.23. The Morgan fingerprint density at radius 2 is 1.92 bits per heavy atom. The predicted molar refractivity (Wildman–Crippen MR) is 104 cm³/mol. The maximum absolute atomic E-state index is 12.4. The van der Waals surface area contributed by atoms with E-state index in [1.54, 1.807) is 0 Å². The van der Waals surface area contributed by atoms with Gasteiger partial charge in [0, 0.05) is 18.4 Å². The fourth-order valence-electron chi connectivity index (χ4n) is 2.64. The van der Waals surface area contributed by atoms with E-state index in [4.69, 9.17) is 0 Å². The molecule has 3 N–H and O–H groups in total. The molecule has 0 aliphatic carbocycles. The molecule has 2 amide bonds. The highest BCUT2D eigenvalue weighted by Crippen LogP contribution is 2.24. The molecule has 142 valence electrons. The number of amides is 2. The zero-order valence-electron chi connectivity index (χ0n) is 16.3. The summed E-state index contributed by atoms with van der Waals surface area (Å²) in [6, 6.07) is 7.65. The molecule has 6 nitrogen and oxygen atoms in total. The molecular formula is C20H30N4O2. The summed E-state index contributed by atoms with van der Waals surface area (Å²) in [5.74, 6) is 0.863. The number of hydrogen-bond donors (Lipinski definition) is 3. The van der Waals surface area contributed by atoms with E-state index < -0.39 is 5.41 Å². The number of para-hydroxylation sites is 2. The Kier molecular flexibility index (Phi) is 6.40. The lowest BCUT2D eigenvalue weighted by molar-refractivity contribution is -0.128. The normalized spacial score (nSPS) is 14.0. The molecule has 0 saturated carbocycles. The second-order valence-corrected chi connectivity index (χ2v) is 7.83. The first-order chi connectivity index (χ1) is 12.2. The van der Waals surface area contributed by atoms with Gasteiger partial charge in [-0.15, -0.1) is 0 Å². The Morgan fingerprint density at radius 1 is 1.23 bits per heavy atom. The molecule has 1 heterocycles. The van der Waals surface area contributed by atoms with Crippen LogP contribution in [-0.2, 0) is 9.59 Å².